The molecule has 1 aliphatic heterocycles. The van der Waals surface area contributed by atoms with E-state index in [1.165, 1.54) is 25.3 Å². The summed E-state index contributed by atoms with van der Waals surface area (Å²) in [4.78, 5) is 14.0. The number of benzene rings is 1. The van der Waals surface area contributed by atoms with Crippen LogP contribution in [0.25, 0.3) is 11.0 Å². The first-order valence-electron chi connectivity index (χ1n) is 7.55. The molecule has 0 aliphatic carbocycles. The molecule has 1 unspecified atom stereocenters. The van der Waals surface area contributed by atoms with Crippen LogP contribution in [0, 0.1) is 6.92 Å². The van der Waals surface area contributed by atoms with Crippen LogP contribution in [0.15, 0.2) is 27.4 Å². The van der Waals surface area contributed by atoms with Gasteiger partial charge in [-0.1, -0.05) is 6.42 Å². The highest BCUT2D eigenvalue weighted by Crippen LogP contribution is 2.31. The summed E-state index contributed by atoms with van der Waals surface area (Å²) < 4.78 is 5.39. The molecule has 0 spiro atoms. The van der Waals surface area contributed by atoms with Crippen LogP contribution in [0.3, 0.4) is 0 Å². The first kappa shape index (κ1) is 14.1. The van der Waals surface area contributed by atoms with Gasteiger partial charge in [-0.25, -0.2) is 4.79 Å². The Bertz CT molecular complexity index is 720. The molecule has 1 fully saturated rings. The topological polar surface area (TPSA) is 53.7 Å². The first-order valence-corrected chi connectivity index (χ1v) is 7.55. The Labute approximate surface area is 124 Å². The zero-order valence-electron chi connectivity index (χ0n) is 12.6. The van der Waals surface area contributed by atoms with Crippen molar-refractivity contribution in [2.45, 2.75) is 45.7 Å². The van der Waals surface area contributed by atoms with Gasteiger partial charge in [-0.15, -0.1) is 0 Å². The molecule has 0 saturated carbocycles. The van der Waals surface area contributed by atoms with Crippen molar-refractivity contribution in [3.63, 3.8) is 0 Å². The van der Waals surface area contributed by atoms with E-state index in [0.717, 1.165) is 23.1 Å². The van der Waals surface area contributed by atoms with Gasteiger partial charge in [0, 0.05) is 24.0 Å². The molecular formula is C17H21NO3. The first-order chi connectivity index (χ1) is 10.1. The summed E-state index contributed by atoms with van der Waals surface area (Å²) in [5, 5.41) is 11.1. The molecule has 21 heavy (non-hydrogen) atoms. The lowest BCUT2D eigenvalue weighted by Crippen LogP contribution is -2.36. The molecule has 1 aromatic carbocycles. The fourth-order valence-corrected chi connectivity index (χ4v) is 3.18. The maximum Gasteiger partial charge on any atom is 0.336 e. The molecule has 4 nitrogen and oxygen atoms in total. The van der Waals surface area contributed by atoms with Crippen molar-refractivity contribution in [1.29, 1.82) is 0 Å². The minimum absolute atomic E-state index is 0.203. The van der Waals surface area contributed by atoms with Crippen LogP contribution in [0.2, 0.25) is 0 Å². The fourth-order valence-electron chi connectivity index (χ4n) is 3.18. The minimum Gasteiger partial charge on any atom is -0.507 e. The second kappa shape index (κ2) is 5.53. The van der Waals surface area contributed by atoms with E-state index in [4.69, 9.17) is 4.42 Å². The molecule has 0 bridgehead atoms. The van der Waals surface area contributed by atoms with Crippen molar-refractivity contribution in [2.75, 3.05) is 6.54 Å². The number of hydrogen-bond acceptors (Lipinski definition) is 4. The standard InChI is InChI=1S/C17H21NO3/c1-11-9-16(20)21-17-13(11)6-7-15(19)14(17)10-18-8-4-3-5-12(18)2/h6-7,9,12,19H,3-5,8,10H2,1-2H3. The Kier molecular flexibility index (Phi) is 3.72. The average molecular weight is 287 g/mol. The molecule has 1 atom stereocenters. The number of aryl methyl sites for hydroxylation is 1. The van der Waals surface area contributed by atoms with E-state index in [-0.39, 0.29) is 11.4 Å². The maximum absolute atomic E-state index is 11.7. The molecule has 1 aromatic heterocycles. The highest BCUT2D eigenvalue weighted by Gasteiger charge is 2.21. The number of rotatable bonds is 2. The Morgan fingerprint density at radius 3 is 2.95 bits per heavy atom. The van der Waals surface area contributed by atoms with E-state index < -0.39 is 0 Å². The summed E-state index contributed by atoms with van der Waals surface area (Å²) in [6.45, 7) is 5.75. The van der Waals surface area contributed by atoms with Crippen LogP contribution in [0.1, 0.15) is 37.3 Å². The molecule has 0 amide bonds. The van der Waals surface area contributed by atoms with Crippen LogP contribution in [0.4, 0.5) is 0 Å². The predicted octanol–water partition coefficient (Wildman–Crippen LogP) is 3.18. The third-order valence-electron chi connectivity index (χ3n) is 4.50. The van der Waals surface area contributed by atoms with Crippen LogP contribution in [-0.4, -0.2) is 22.6 Å². The lowest BCUT2D eigenvalue weighted by Gasteiger charge is -2.33. The van der Waals surface area contributed by atoms with Crippen molar-refractivity contribution < 1.29 is 9.52 Å². The average Bonchev–Trinajstić information content (AvgIpc) is 2.44. The van der Waals surface area contributed by atoms with Crippen molar-refractivity contribution in [3.8, 4) is 5.75 Å². The number of hydrogen-bond donors (Lipinski definition) is 1. The van der Waals surface area contributed by atoms with Gasteiger partial charge in [0.25, 0.3) is 0 Å². The summed E-state index contributed by atoms with van der Waals surface area (Å²) in [5.41, 5.74) is 1.77. The quantitative estimate of drug-likeness (QED) is 0.862. The third kappa shape index (κ3) is 2.68. The molecule has 3 rings (SSSR count). The molecule has 2 aromatic rings. The Morgan fingerprint density at radius 1 is 1.38 bits per heavy atom. The number of phenols is 1. The highest BCUT2D eigenvalue weighted by atomic mass is 16.4. The Morgan fingerprint density at radius 2 is 2.19 bits per heavy atom. The molecule has 2 heterocycles. The molecular weight excluding hydrogens is 266 g/mol. The number of phenolic OH excluding ortho intramolecular Hbond substituents is 1. The monoisotopic (exact) mass is 287 g/mol. The second-order valence-corrected chi connectivity index (χ2v) is 6.00. The Balaban J connectivity index is 2.08. The number of fused-ring (bicyclic) bond motifs is 1. The number of likely N-dealkylation sites (tertiary alicyclic amines) is 1. The molecule has 1 aliphatic rings. The number of piperidine rings is 1. The maximum atomic E-state index is 11.7. The van der Waals surface area contributed by atoms with Gasteiger partial charge in [0.1, 0.15) is 11.3 Å². The van der Waals surface area contributed by atoms with Gasteiger partial charge < -0.3 is 9.52 Å². The molecule has 112 valence electrons. The Hall–Kier alpha value is -1.81. The third-order valence-corrected chi connectivity index (χ3v) is 4.50. The van der Waals surface area contributed by atoms with E-state index in [1.807, 2.05) is 13.0 Å². The predicted molar refractivity (Wildman–Crippen MR) is 82.6 cm³/mol. The number of aromatic hydroxyl groups is 1. The lowest BCUT2D eigenvalue weighted by atomic mass is 10.0. The zero-order valence-corrected chi connectivity index (χ0v) is 12.6. The fraction of sp³-hybridized carbons (Fsp3) is 0.471. The van der Waals surface area contributed by atoms with Crippen LogP contribution < -0.4 is 5.63 Å². The van der Waals surface area contributed by atoms with Gasteiger partial charge in [0.05, 0.1) is 5.56 Å². The summed E-state index contributed by atoms with van der Waals surface area (Å²) in [5.74, 6) is 0.203. The van der Waals surface area contributed by atoms with Gasteiger partial charge in [0.15, 0.2) is 0 Å². The smallest absolute Gasteiger partial charge is 0.336 e. The molecule has 0 radical (unpaired) electrons. The van der Waals surface area contributed by atoms with Gasteiger partial charge >= 0.3 is 5.63 Å². The van der Waals surface area contributed by atoms with Crippen molar-refractivity contribution in [2.24, 2.45) is 0 Å². The van der Waals surface area contributed by atoms with Crippen LogP contribution in [-0.2, 0) is 6.54 Å². The lowest BCUT2D eigenvalue weighted by molar-refractivity contribution is 0.151. The second-order valence-electron chi connectivity index (χ2n) is 6.00. The van der Waals surface area contributed by atoms with Gasteiger partial charge in [-0.2, -0.15) is 0 Å². The van der Waals surface area contributed by atoms with Gasteiger partial charge in [0.2, 0.25) is 0 Å². The summed E-state index contributed by atoms with van der Waals surface area (Å²) in [6, 6.07) is 5.49. The SMILES string of the molecule is Cc1cc(=O)oc2c(CN3CCCCC3C)c(O)ccc12. The van der Waals surface area contributed by atoms with Crippen molar-refractivity contribution >= 4 is 11.0 Å². The largest absolute Gasteiger partial charge is 0.507 e. The van der Waals surface area contributed by atoms with E-state index in [9.17, 15) is 9.90 Å². The minimum atomic E-state index is -0.362. The summed E-state index contributed by atoms with van der Waals surface area (Å²) in [7, 11) is 0. The van der Waals surface area contributed by atoms with Gasteiger partial charge in [-0.3, -0.25) is 4.90 Å². The van der Waals surface area contributed by atoms with Crippen LogP contribution in [0.5, 0.6) is 5.75 Å². The summed E-state index contributed by atoms with van der Waals surface area (Å²) in [6.07, 6.45) is 3.61. The van der Waals surface area contributed by atoms with E-state index in [0.29, 0.717) is 18.2 Å². The van der Waals surface area contributed by atoms with Gasteiger partial charge in [-0.05, 0) is 50.9 Å². The van der Waals surface area contributed by atoms with E-state index in [1.54, 1.807) is 6.07 Å². The van der Waals surface area contributed by atoms with E-state index >= 15 is 0 Å². The summed E-state index contributed by atoms with van der Waals surface area (Å²) >= 11 is 0. The number of nitrogens with zero attached hydrogens (tertiary/aromatic N) is 1. The normalized spacial score (nSPS) is 20.0. The van der Waals surface area contributed by atoms with Crippen molar-refractivity contribution in [3.05, 3.63) is 39.7 Å². The van der Waals surface area contributed by atoms with Crippen LogP contribution >= 0.6 is 0 Å². The zero-order chi connectivity index (χ0) is 15.0. The molecule has 1 N–H and O–H groups in total. The molecule has 1 saturated heterocycles. The van der Waals surface area contributed by atoms with Crippen molar-refractivity contribution in [1.82, 2.24) is 4.90 Å². The highest BCUT2D eigenvalue weighted by molar-refractivity contribution is 5.84. The molecule has 4 heteroatoms. The van der Waals surface area contributed by atoms with E-state index in [2.05, 4.69) is 11.8 Å².